The first kappa shape index (κ1) is 18.5. The van der Waals surface area contributed by atoms with E-state index in [0.29, 0.717) is 11.3 Å². The number of ketones is 1. The van der Waals surface area contributed by atoms with Crippen LogP contribution in [-0.2, 0) is 14.9 Å². The molecule has 0 fully saturated rings. The molecular weight excluding hydrogens is 346 g/mol. The summed E-state index contributed by atoms with van der Waals surface area (Å²) in [7, 11) is -2.76. The van der Waals surface area contributed by atoms with Gasteiger partial charge in [-0.3, -0.25) is 9.59 Å². The lowest BCUT2D eigenvalue weighted by Gasteiger charge is -2.12. The molecule has 0 saturated carbocycles. The molecule has 0 saturated heterocycles. The smallest absolute Gasteiger partial charge is 0.339 e. The average molecular weight is 363 g/mol. The fraction of sp³-hybridized carbons (Fsp3) is 0.176. The van der Waals surface area contributed by atoms with Gasteiger partial charge in [-0.1, -0.05) is 12.1 Å². The number of benzene rings is 2. The number of ether oxygens (including phenoxy) is 1. The topological polar surface area (TPSA) is 98.8 Å². The van der Waals surface area contributed by atoms with Crippen molar-refractivity contribution in [1.29, 1.82) is 0 Å². The van der Waals surface area contributed by atoms with Crippen molar-refractivity contribution < 1.29 is 26.9 Å². The fourth-order valence-electron chi connectivity index (χ4n) is 2.07. The lowest BCUT2D eigenvalue weighted by atomic mass is 10.1. The number of carbonyl (C=O) groups excluding carboxylic acids is 2. The second kappa shape index (κ2) is 7.35. The maximum Gasteiger partial charge on any atom is 0.339 e. The van der Waals surface area contributed by atoms with Crippen molar-refractivity contribution in [1.82, 2.24) is 0 Å². The monoisotopic (exact) mass is 363 g/mol. The molecule has 132 valence electrons. The highest BCUT2D eigenvalue weighted by molar-refractivity contribution is 7.87. The minimum Gasteiger partial charge on any atom is -0.495 e. The molecule has 0 aromatic heterocycles. The molecule has 1 amide bonds. The highest BCUT2D eigenvalue weighted by Gasteiger charge is 2.20. The van der Waals surface area contributed by atoms with E-state index in [4.69, 9.17) is 8.92 Å². The summed E-state index contributed by atoms with van der Waals surface area (Å²) in [5, 5.41) is 2.50. The van der Waals surface area contributed by atoms with Gasteiger partial charge in [0.1, 0.15) is 16.4 Å². The van der Waals surface area contributed by atoms with Crippen molar-refractivity contribution in [2.75, 3.05) is 12.4 Å². The summed E-state index contributed by atoms with van der Waals surface area (Å²) in [4.78, 5) is 22.5. The maximum atomic E-state index is 12.5. The Kier molecular flexibility index (Phi) is 5.43. The summed E-state index contributed by atoms with van der Waals surface area (Å²) in [5.74, 6) is -0.250. The average Bonchev–Trinajstić information content (AvgIpc) is 2.54. The van der Waals surface area contributed by atoms with E-state index in [1.165, 1.54) is 57.4 Å². The predicted octanol–water partition coefficient (Wildman–Crippen LogP) is 2.62. The number of anilines is 1. The summed E-state index contributed by atoms with van der Waals surface area (Å²) >= 11 is 0. The van der Waals surface area contributed by atoms with E-state index < -0.39 is 10.1 Å². The largest absolute Gasteiger partial charge is 0.495 e. The lowest BCUT2D eigenvalue weighted by molar-refractivity contribution is -0.114. The molecule has 2 aromatic rings. The van der Waals surface area contributed by atoms with Crippen LogP contribution < -0.4 is 14.2 Å². The number of hydrogen-bond donors (Lipinski definition) is 1. The Morgan fingerprint density at radius 1 is 1.04 bits per heavy atom. The Labute approximate surface area is 145 Å². The Balaban J connectivity index is 2.37. The summed E-state index contributed by atoms with van der Waals surface area (Å²) in [6.07, 6.45) is 0. The van der Waals surface area contributed by atoms with Crippen LogP contribution in [0.4, 0.5) is 5.69 Å². The number of Topliss-reactive ketones (excluding diaryl/α,β-unsaturated/α-hetero) is 1. The van der Waals surface area contributed by atoms with Gasteiger partial charge in [-0.2, -0.15) is 8.42 Å². The molecule has 0 aliphatic rings. The van der Waals surface area contributed by atoms with Crippen LogP contribution in [0.2, 0.25) is 0 Å². The third-order valence-electron chi connectivity index (χ3n) is 3.22. The normalized spacial score (nSPS) is 10.8. The van der Waals surface area contributed by atoms with Gasteiger partial charge in [-0.05, 0) is 37.3 Å². The summed E-state index contributed by atoms with van der Waals surface area (Å²) in [6, 6.07) is 9.81. The van der Waals surface area contributed by atoms with Crippen LogP contribution in [0.15, 0.2) is 47.4 Å². The van der Waals surface area contributed by atoms with Crippen LogP contribution in [0, 0.1) is 0 Å². The zero-order valence-electron chi connectivity index (χ0n) is 13.9. The molecule has 0 bridgehead atoms. The van der Waals surface area contributed by atoms with Gasteiger partial charge >= 0.3 is 10.1 Å². The van der Waals surface area contributed by atoms with Crippen LogP contribution in [0.5, 0.6) is 11.5 Å². The van der Waals surface area contributed by atoms with Crippen LogP contribution in [0.1, 0.15) is 24.2 Å². The number of hydrogen-bond acceptors (Lipinski definition) is 6. The molecular formula is C17H17NO6S. The van der Waals surface area contributed by atoms with Crippen molar-refractivity contribution >= 4 is 27.5 Å². The third kappa shape index (κ3) is 4.57. The molecule has 0 heterocycles. The second-order valence-corrected chi connectivity index (χ2v) is 6.71. The van der Waals surface area contributed by atoms with Crippen LogP contribution in [0.25, 0.3) is 0 Å². The predicted molar refractivity (Wildman–Crippen MR) is 91.6 cm³/mol. The van der Waals surface area contributed by atoms with Crippen molar-refractivity contribution in [3.8, 4) is 11.5 Å². The van der Waals surface area contributed by atoms with Gasteiger partial charge in [-0.15, -0.1) is 0 Å². The first-order valence-corrected chi connectivity index (χ1v) is 8.65. The van der Waals surface area contributed by atoms with E-state index in [9.17, 15) is 18.0 Å². The first-order chi connectivity index (χ1) is 11.7. The number of carbonyl (C=O) groups is 2. The zero-order chi connectivity index (χ0) is 18.6. The molecule has 0 radical (unpaired) electrons. The van der Waals surface area contributed by atoms with Gasteiger partial charge in [0.2, 0.25) is 5.91 Å². The fourth-order valence-corrected chi connectivity index (χ4v) is 3.02. The molecule has 2 rings (SSSR count). The van der Waals surface area contributed by atoms with Crippen molar-refractivity contribution in [2.24, 2.45) is 0 Å². The van der Waals surface area contributed by atoms with Crippen molar-refractivity contribution in [2.45, 2.75) is 18.7 Å². The molecule has 2 aromatic carbocycles. The van der Waals surface area contributed by atoms with Gasteiger partial charge < -0.3 is 14.2 Å². The highest BCUT2D eigenvalue weighted by atomic mass is 32.2. The van der Waals surface area contributed by atoms with E-state index in [0.717, 1.165) is 0 Å². The van der Waals surface area contributed by atoms with Gasteiger partial charge in [-0.25, -0.2) is 0 Å². The van der Waals surface area contributed by atoms with Crippen LogP contribution >= 0.6 is 0 Å². The highest BCUT2D eigenvalue weighted by Crippen LogP contribution is 2.29. The standard InChI is InChI=1S/C17H17NO6S/c1-11(19)13-5-4-6-14(9-13)24-25(21,22)15-7-8-17(23-3)16(10-15)18-12(2)20/h4-10H,1-3H3,(H,18,20). The van der Waals surface area contributed by atoms with E-state index >= 15 is 0 Å². The number of methoxy groups -OCH3 is 1. The van der Waals surface area contributed by atoms with E-state index in [1.54, 1.807) is 6.07 Å². The van der Waals surface area contributed by atoms with E-state index in [2.05, 4.69) is 5.32 Å². The third-order valence-corrected chi connectivity index (χ3v) is 4.46. The van der Waals surface area contributed by atoms with Gasteiger partial charge in [0.15, 0.2) is 5.78 Å². The molecule has 0 aliphatic heterocycles. The number of rotatable bonds is 6. The Bertz CT molecular complexity index is 920. The summed E-state index contributed by atoms with van der Waals surface area (Å²) in [5.41, 5.74) is 0.540. The van der Waals surface area contributed by atoms with Crippen molar-refractivity contribution in [3.63, 3.8) is 0 Å². The van der Waals surface area contributed by atoms with Gasteiger partial charge in [0.25, 0.3) is 0 Å². The minimum absolute atomic E-state index is 0.0181. The molecule has 25 heavy (non-hydrogen) atoms. The quantitative estimate of drug-likeness (QED) is 0.626. The molecule has 8 heteroatoms. The molecule has 1 N–H and O–H groups in total. The van der Waals surface area contributed by atoms with Gasteiger partial charge in [0, 0.05) is 12.5 Å². The summed E-state index contributed by atoms with van der Waals surface area (Å²) < 4.78 is 35.1. The van der Waals surface area contributed by atoms with Crippen LogP contribution in [0.3, 0.4) is 0 Å². The zero-order valence-corrected chi connectivity index (χ0v) is 14.7. The minimum atomic E-state index is -4.16. The van der Waals surface area contributed by atoms with Crippen molar-refractivity contribution in [3.05, 3.63) is 48.0 Å². The Hall–Kier alpha value is -2.87. The molecule has 7 nitrogen and oxygen atoms in total. The number of nitrogens with one attached hydrogen (secondary N) is 1. The van der Waals surface area contributed by atoms with E-state index in [-0.39, 0.29) is 28.0 Å². The second-order valence-electron chi connectivity index (χ2n) is 5.16. The van der Waals surface area contributed by atoms with Gasteiger partial charge in [0.05, 0.1) is 12.8 Å². The first-order valence-electron chi connectivity index (χ1n) is 7.24. The summed E-state index contributed by atoms with van der Waals surface area (Å²) in [6.45, 7) is 2.67. The van der Waals surface area contributed by atoms with E-state index in [1.807, 2.05) is 0 Å². The number of amides is 1. The molecule has 0 spiro atoms. The molecule has 0 unspecified atom stereocenters. The van der Waals surface area contributed by atoms with Crippen LogP contribution in [-0.4, -0.2) is 27.2 Å². The molecule has 0 atom stereocenters. The SMILES string of the molecule is COc1ccc(S(=O)(=O)Oc2cccc(C(C)=O)c2)cc1NC(C)=O. The Morgan fingerprint density at radius 2 is 1.76 bits per heavy atom. The Morgan fingerprint density at radius 3 is 2.36 bits per heavy atom. The lowest BCUT2D eigenvalue weighted by Crippen LogP contribution is -2.12. The molecule has 0 aliphatic carbocycles. The maximum absolute atomic E-state index is 12.5.